The van der Waals surface area contributed by atoms with E-state index in [2.05, 4.69) is 22.0 Å². The van der Waals surface area contributed by atoms with Crippen LogP contribution in [0.3, 0.4) is 0 Å². The first kappa shape index (κ1) is 16.1. The molecule has 3 aliphatic rings. The summed E-state index contributed by atoms with van der Waals surface area (Å²) < 4.78 is 5.44. The molecule has 0 radical (unpaired) electrons. The van der Waals surface area contributed by atoms with E-state index in [9.17, 15) is 4.79 Å². The van der Waals surface area contributed by atoms with Crippen molar-refractivity contribution in [3.8, 4) is 0 Å². The fourth-order valence-corrected chi connectivity index (χ4v) is 3.50. The van der Waals surface area contributed by atoms with Crippen LogP contribution >= 0.6 is 0 Å². The van der Waals surface area contributed by atoms with E-state index in [4.69, 9.17) is 4.74 Å². The zero-order valence-corrected chi connectivity index (χ0v) is 13.9. The highest BCUT2D eigenvalue weighted by Crippen LogP contribution is 2.29. The Hall–Kier alpha value is -0.810. The standard InChI is InChI=1S/C17H31N3O2/c1-14-4-8-19(9-5-14)10-7-18-17(21)20(16-2-3-16)12-15-6-11-22-13-15/h14-16H,2-13H2,1H3,(H,18,21). The van der Waals surface area contributed by atoms with Crippen LogP contribution in [0, 0.1) is 11.8 Å². The van der Waals surface area contributed by atoms with Gasteiger partial charge in [0.05, 0.1) is 6.61 Å². The second-order valence-electron chi connectivity index (χ2n) is 7.37. The number of carbonyl (C=O) groups excluding carboxylic acids is 1. The second kappa shape index (κ2) is 7.64. The summed E-state index contributed by atoms with van der Waals surface area (Å²) in [5.41, 5.74) is 0. The van der Waals surface area contributed by atoms with Gasteiger partial charge in [0.2, 0.25) is 0 Å². The maximum absolute atomic E-state index is 12.5. The molecule has 126 valence electrons. The topological polar surface area (TPSA) is 44.8 Å². The predicted molar refractivity (Wildman–Crippen MR) is 86.9 cm³/mol. The van der Waals surface area contributed by atoms with Crippen LogP contribution in [-0.2, 0) is 4.74 Å². The van der Waals surface area contributed by atoms with Crippen LogP contribution in [0.15, 0.2) is 0 Å². The number of carbonyl (C=O) groups is 1. The summed E-state index contributed by atoms with van der Waals surface area (Å²) in [6.07, 6.45) is 6.03. The molecule has 2 saturated heterocycles. The van der Waals surface area contributed by atoms with Crippen LogP contribution in [-0.4, -0.2) is 67.8 Å². The van der Waals surface area contributed by atoms with Crippen molar-refractivity contribution < 1.29 is 9.53 Å². The molecule has 1 atom stereocenters. The lowest BCUT2D eigenvalue weighted by Gasteiger charge is -2.31. The van der Waals surface area contributed by atoms with Gasteiger partial charge < -0.3 is 19.9 Å². The lowest BCUT2D eigenvalue weighted by atomic mass is 9.99. The summed E-state index contributed by atoms with van der Waals surface area (Å²) >= 11 is 0. The largest absolute Gasteiger partial charge is 0.381 e. The summed E-state index contributed by atoms with van der Waals surface area (Å²) in [5, 5.41) is 3.14. The third kappa shape index (κ3) is 4.59. The van der Waals surface area contributed by atoms with E-state index in [1.807, 2.05) is 0 Å². The number of nitrogens with zero attached hydrogens (tertiary/aromatic N) is 2. The maximum atomic E-state index is 12.5. The highest BCUT2D eigenvalue weighted by molar-refractivity contribution is 5.74. The molecule has 1 saturated carbocycles. The Kier molecular flexibility index (Phi) is 5.58. The molecule has 5 heteroatoms. The van der Waals surface area contributed by atoms with Crippen LogP contribution < -0.4 is 5.32 Å². The van der Waals surface area contributed by atoms with Gasteiger partial charge in [0.15, 0.2) is 0 Å². The molecule has 1 N–H and O–H groups in total. The number of hydrogen-bond donors (Lipinski definition) is 1. The number of ether oxygens (including phenoxy) is 1. The van der Waals surface area contributed by atoms with Crippen molar-refractivity contribution in [3.63, 3.8) is 0 Å². The second-order valence-corrected chi connectivity index (χ2v) is 7.37. The van der Waals surface area contributed by atoms with Crippen molar-refractivity contribution in [3.05, 3.63) is 0 Å². The average molecular weight is 309 g/mol. The summed E-state index contributed by atoms with van der Waals surface area (Å²) in [7, 11) is 0. The monoisotopic (exact) mass is 309 g/mol. The predicted octanol–water partition coefficient (Wildman–Crippen LogP) is 1.93. The zero-order chi connectivity index (χ0) is 15.4. The van der Waals surface area contributed by atoms with Crippen molar-refractivity contribution in [1.29, 1.82) is 0 Å². The Balaban J connectivity index is 1.37. The van der Waals surface area contributed by atoms with Gasteiger partial charge in [-0.2, -0.15) is 0 Å². The summed E-state index contributed by atoms with van der Waals surface area (Å²) in [6.45, 7) is 9.02. The number of piperidine rings is 1. The van der Waals surface area contributed by atoms with E-state index < -0.39 is 0 Å². The van der Waals surface area contributed by atoms with Crippen LogP contribution in [0.4, 0.5) is 4.79 Å². The SMILES string of the molecule is CC1CCN(CCNC(=O)N(CC2CCOC2)C2CC2)CC1. The van der Waals surface area contributed by atoms with Gasteiger partial charge in [-0.15, -0.1) is 0 Å². The molecule has 2 heterocycles. The smallest absolute Gasteiger partial charge is 0.317 e. The number of hydrogen-bond acceptors (Lipinski definition) is 3. The molecule has 1 unspecified atom stereocenters. The van der Waals surface area contributed by atoms with Gasteiger partial charge in [0.1, 0.15) is 0 Å². The Labute approximate surface area is 134 Å². The molecule has 3 fully saturated rings. The highest BCUT2D eigenvalue weighted by atomic mass is 16.5. The van der Waals surface area contributed by atoms with Crippen molar-refractivity contribution in [2.45, 2.75) is 45.1 Å². The first-order valence-corrected chi connectivity index (χ1v) is 9.07. The molecular weight excluding hydrogens is 278 g/mol. The van der Waals surface area contributed by atoms with E-state index in [0.29, 0.717) is 12.0 Å². The number of nitrogens with one attached hydrogen (secondary N) is 1. The molecule has 0 aromatic rings. The Morgan fingerprint density at radius 2 is 2.00 bits per heavy atom. The molecule has 2 amide bonds. The molecule has 22 heavy (non-hydrogen) atoms. The van der Waals surface area contributed by atoms with Gasteiger partial charge in [-0.1, -0.05) is 6.92 Å². The Morgan fingerprint density at radius 1 is 1.23 bits per heavy atom. The molecule has 0 aromatic heterocycles. The van der Waals surface area contributed by atoms with E-state index in [0.717, 1.165) is 45.2 Å². The van der Waals surface area contributed by atoms with E-state index in [1.54, 1.807) is 0 Å². The average Bonchev–Trinajstić information content (AvgIpc) is 3.23. The maximum Gasteiger partial charge on any atom is 0.317 e. The Bertz CT molecular complexity index is 359. The van der Waals surface area contributed by atoms with Gasteiger partial charge in [-0.3, -0.25) is 0 Å². The summed E-state index contributed by atoms with van der Waals surface area (Å²) in [4.78, 5) is 17.0. The van der Waals surface area contributed by atoms with Gasteiger partial charge in [-0.25, -0.2) is 4.79 Å². The highest BCUT2D eigenvalue weighted by Gasteiger charge is 2.34. The first-order chi connectivity index (χ1) is 10.7. The molecule has 0 spiro atoms. The molecule has 1 aliphatic carbocycles. The molecule has 0 bridgehead atoms. The quantitative estimate of drug-likeness (QED) is 0.815. The Morgan fingerprint density at radius 3 is 2.64 bits per heavy atom. The number of urea groups is 1. The zero-order valence-electron chi connectivity index (χ0n) is 13.9. The number of rotatable bonds is 6. The normalized spacial score (nSPS) is 27.0. The first-order valence-electron chi connectivity index (χ1n) is 9.07. The van der Waals surface area contributed by atoms with E-state index in [-0.39, 0.29) is 6.03 Å². The minimum absolute atomic E-state index is 0.139. The van der Waals surface area contributed by atoms with Crippen LogP contribution in [0.25, 0.3) is 0 Å². The van der Waals surface area contributed by atoms with Crippen LogP contribution in [0.2, 0.25) is 0 Å². The third-order valence-electron chi connectivity index (χ3n) is 5.31. The number of likely N-dealkylation sites (tertiary alicyclic amines) is 1. The summed E-state index contributed by atoms with van der Waals surface area (Å²) in [6, 6.07) is 0.621. The van der Waals surface area contributed by atoms with Crippen molar-refractivity contribution in [2.75, 3.05) is 45.9 Å². The lowest BCUT2D eigenvalue weighted by Crippen LogP contribution is -2.46. The molecular formula is C17H31N3O2. The number of amides is 2. The fraction of sp³-hybridized carbons (Fsp3) is 0.941. The molecule has 3 rings (SSSR count). The van der Waals surface area contributed by atoms with Crippen molar-refractivity contribution in [1.82, 2.24) is 15.1 Å². The molecule has 2 aliphatic heterocycles. The van der Waals surface area contributed by atoms with Crippen LogP contribution in [0.5, 0.6) is 0 Å². The lowest BCUT2D eigenvalue weighted by molar-refractivity contribution is 0.159. The third-order valence-corrected chi connectivity index (χ3v) is 5.31. The van der Waals surface area contributed by atoms with E-state index in [1.165, 1.54) is 38.8 Å². The summed E-state index contributed by atoms with van der Waals surface area (Å²) in [5.74, 6) is 1.40. The van der Waals surface area contributed by atoms with E-state index >= 15 is 0 Å². The van der Waals surface area contributed by atoms with Crippen LogP contribution in [0.1, 0.15) is 39.0 Å². The molecule has 0 aromatic carbocycles. The fourth-order valence-electron chi connectivity index (χ4n) is 3.50. The van der Waals surface area contributed by atoms with Gasteiger partial charge >= 0.3 is 6.03 Å². The van der Waals surface area contributed by atoms with Gasteiger partial charge in [0.25, 0.3) is 0 Å². The van der Waals surface area contributed by atoms with Gasteiger partial charge in [0, 0.05) is 38.2 Å². The minimum Gasteiger partial charge on any atom is -0.381 e. The molecule has 5 nitrogen and oxygen atoms in total. The van der Waals surface area contributed by atoms with Gasteiger partial charge in [-0.05, 0) is 51.1 Å². The van der Waals surface area contributed by atoms with Crippen molar-refractivity contribution >= 4 is 6.03 Å². The minimum atomic E-state index is 0.139. The van der Waals surface area contributed by atoms with Crippen molar-refractivity contribution in [2.24, 2.45) is 11.8 Å².